The molecule has 3 aromatic rings. The Labute approximate surface area is 206 Å². The molecule has 1 saturated heterocycles. The van der Waals surface area contributed by atoms with Gasteiger partial charge in [0.2, 0.25) is 0 Å². The normalized spacial score (nSPS) is 14.6. The van der Waals surface area contributed by atoms with Gasteiger partial charge in [0.1, 0.15) is 23.7 Å². The number of carbonyl (C=O) groups excluding carboxylic acids is 2. The van der Waals surface area contributed by atoms with Crippen LogP contribution in [0.4, 0.5) is 14.9 Å². The highest BCUT2D eigenvalue weighted by Crippen LogP contribution is 2.25. The van der Waals surface area contributed by atoms with Gasteiger partial charge in [0.25, 0.3) is 5.91 Å². The van der Waals surface area contributed by atoms with Crippen molar-refractivity contribution < 1.29 is 23.8 Å². The van der Waals surface area contributed by atoms with E-state index >= 15 is 0 Å². The summed E-state index contributed by atoms with van der Waals surface area (Å²) in [5.41, 5.74) is 0.0133. The number of aromatic nitrogens is 3. The zero-order valence-corrected chi connectivity index (χ0v) is 20.0. The lowest BCUT2D eigenvalue weighted by molar-refractivity contribution is -0.00178. The van der Waals surface area contributed by atoms with Crippen molar-refractivity contribution in [1.29, 1.82) is 5.26 Å². The lowest BCUT2D eigenvalue weighted by atomic mass is 10.0. The number of methoxy groups -OCH3 is 1. The summed E-state index contributed by atoms with van der Waals surface area (Å²) in [6.07, 6.45) is 2.48. The first kappa shape index (κ1) is 24.9. The number of hydrogen-bond donors (Lipinski definition) is 3. The van der Waals surface area contributed by atoms with E-state index in [1.165, 1.54) is 38.3 Å². The summed E-state index contributed by atoms with van der Waals surface area (Å²) >= 11 is 0. The van der Waals surface area contributed by atoms with Gasteiger partial charge in [-0.3, -0.25) is 9.36 Å². The van der Waals surface area contributed by atoms with Crippen LogP contribution in [0.5, 0.6) is 0 Å². The molecule has 4 heterocycles. The average molecular weight is 496 g/mol. The highest BCUT2D eigenvalue weighted by molar-refractivity contribution is 5.99. The number of pyridine rings is 2. The standard InChI is InChI=1S/C24H26FN7O4/c1-24(2,35)19(25)11-29-22(33)17-10-27-20(7-18(17)30-16-12-31(13-16)23(34)36-3)32-5-4-15-6-14(8-26)9-28-21(15)32/h4-7,9-10,16,19,35H,11-13H2,1-3H3,(H,27,30)(H,29,33). The predicted molar refractivity (Wildman–Crippen MR) is 128 cm³/mol. The monoisotopic (exact) mass is 495 g/mol. The first-order valence-corrected chi connectivity index (χ1v) is 11.2. The molecule has 12 heteroatoms. The molecular formula is C24H26FN7O4. The first-order valence-electron chi connectivity index (χ1n) is 11.2. The quantitative estimate of drug-likeness (QED) is 0.451. The van der Waals surface area contributed by atoms with Crippen LogP contribution in [0.1, 0.15) is 29.8 Å². The molecule has 1 unspecified atom stereocenters. The van der Waals surface area contributed by atoms with Gasteiger partial charge in [0.15, 0.2) is 0 Å². The Bertz CT molecular complexity index is 1340. The fourth-order valence-corrected chi connectivity index (χ4v) is 3.74. The van der Waals surface area contributed by atoms with Crippen molar-refractivity contribution in [1.82, 2.24) is 24.8 Å². The molecule has 0 radical (unpaired) electrons. The number of ether oxygens (including phenoxy) is 1. The van der Waals surface area contributed by atoms with Gasteiger partial charge < -0.3 is 25.4 Å². The number of halogens is 1. The fourth-order valence-electron chi connectivity index (χ4n) is 3.74. The highest BCUT2D eigenvalue weighted by atomic mass is 19.1. The molecule has 3 aromatic heterocycles. The predicted octanol–water partition coefficient (Wildman–Crippen LogP) is 1.99. The number of carbonyl (C=O) groups is 2. The Morgan fingerprint density at radius 3 is 2.75 bits per heavy atom. The van der Waals surface area contributed by atoms with E-state index in [-0.39, 0.29) is 18.2 Å². The zero-order valence-electron chi connectivity index (χ0n) is 20.0. The molecule has 0 aromatic carbocycles. The maximum Gasteiger partial charge on any atom is 0.409 e. The summed E-state index contributed by atoms with van der Waals surface area (Å²) in [5.74, 6) is -0.105. The largest absolute Gasteiger partial charge is 0.453 e. The van der Waals surface area contributed by atoms with Crippen molar-refractivity contribution >= 4 is 28.7 Å². The summed E-state index contributed by atoms with van der Waals surface area (Å²) in [4.78, 5) is 34.9. The number of nitrogens with zero attached hydrogens (tertiary/aromatic N) is 5. The van der Waals surface area contributed by atoms with Crippen LogP contribution in [0.15, 0.2) is 36.8 Å². The third kappa shape index (κ3) is 5.06. The number of hydrogen-bond acceptors (Lipinski definition) is 8. The number of rotatable bonds is 7. The Morgan fingerprint density at radius 2 is 2.08 bits per heavy atom. The minimum Gasteiger partial charge on any atom is -0.453 e. The number of aliphatic hydroxyl groups is 1. The number of nitrogens with one attached hydrogen (secondary N) is 2. The van der Waals surface area contributed by atoms with Crippen LogP contribution in [0, 0.1) is 11.3 Å². The molecule has 1 fully saturated rings. The van der Waals surface area contributed by atoms with Gasteiger partial charge in [-0.05, 0) is 26.0 Å². The van der Waals surface area contributed by atoms with E-state index in [4.69, 9.17) is 10.00 Å². The van der Waals surface area contributed by atoms with Gasteiger partial charge in [0, 0.05) is 43.1 Å². The minimum atomic E-state index is -1.67. The van der Waals surface area contributed by atoms with Crippen LogP contribution < -0.4 is 10.6 Å². The molecule has 4 rings (SSSR count). The Hall–Kier alpha value is -4.24. The molecule has 11 nitrogen and oxygen atoms in total. The summed E-state index contributed by atoms with van der Waals surface area (Å²) in [6, 6.07) is 7.09. The van der Waals surface area contributed by atoms with E-state index < -0.39 is 23.8 Å². The zero-order chi connectivity index (χ0) is 26.0. The van der Waals surface area contributed by atoms with Crippen molar-refractivity contribution in [3.8, 4) is 11.9 Å². The molecule has 3 N–H and O–H groups in total. The van der Waals surface area contributed by atoms with Crippen molar-refractivity contribution in [2.24, 2.45) is 0 Å². The first-order chi connectivity index (χ1) is 17.1. The van der Waals surface area contributed by atoms with Gasteiger partial charge in [-0.15, -0.1) is 0 Å². The van der Waals surface area contributed by atoms with E-state index in [0.717, 1.165) is 5.39 Å². The third-order valence-electron chi connectivity index (χ3n) is 5.92. The molecule has 188 valence electrons. The molecule has 2 amide bonds. The molecule has 1 atom stereocenters. The topological polar surface area (TPSA) is 145 Å². The number of alkyl halides is 1. The van der Waals surface area contributed by atoms with Crippen LogP contribution in [-0.4, -0.2) is 81.1 Å². The number of amides is 2. The van der Waals surface area contributed by atoms with Crippen molar-refractivity contribution in [2.75, 3.05) is 32.1 Å². The molecular weight excluding hydrogens is 469 g/mol. The average Bonchev–Trinajstić information content (AvgIpc) is 3.26. The summed E-state index contributed by atoms with van der Waals surface area (Å²) in [7, 11) is 1.31. The van der Waals surface area contributed by atoms with Gasteiger partial charge in [-0.25, -0.2) is 19.2 Å². The van der Waals surface area contributed by atoms with E-state index in [1.807, 2.05) is 0 Å². The second kappa shape index (κ2) is 9.79. The lowest BCUT2D eigenvalue weighted by Gasteiger charge is -2.39. The second-order valence-corrected chi connectivity index (χ2v) is 9.07. The van der Waals surface area contributed by atoms with E-state index in [2.05, 4.69) is 26.7 Å². The molecule has 1 aliphatic rings. The SMILES string of the molecule is COC(=O)N1CC(Nc2cc(-n3ccc4cc(C#N)cnc43)ncc2C(=O)NCC(F)C(C)(C)O)C1. The number of nitriles is 1. The van der Waals surface area contributed by atoms with E-state index in [1.54, 1.807) is 29.0 Å². The van der Waals surface area contributed by atoms with Crippen LogP contribution in [0.2, 0.25) is 0 Å². The number of anilines is 1. The number of likely N-dealkylation sites (tertiary alicyclic amines) is 1. The fraction of sp³-hybridized carbons (Fsp3) is 0.375. The van der Waals surface area contributed by atoms with Crippen molar-refractivity contribution in [2.45, 2.75) is 31.7 Å². The molecule has 0 aliphatic carbocycles. The lowest BCUT2D eigenvalue weighted by Crippen LogP contribution is -2.57. The Morgan fingerprint density at radius 1 is 1.33 bits per heavy atom. The van der Waals surface area contributed by atoms with Gasteiger partial charge >= 0.3 is 6.09 Å². The van der Waals surface area contributed by atoms with Crippen LogP contribution in [0.25, 0.3) is 16.9 Å². The minimum absolute atomic E-state index is 0.145. The summed E-state index contributed by atoms with van der Waals surface area (Å²) in [6.45, 7) is 3.03. The Balaban J connectivity index is 1.62. The second-order valence-electron chi connectivity index (χ2n) is 9.07. The van der Waals surface area contributed by atoms with Crippen molar-refractivity contribution in [3.63, 3.8) is 0 Å². The Kier molecular flexibility index (Phi) is 6.76. The third-order valence-corrected chi connectivity index (χ3v) is 5.92. The van der Waals surface area contributed by atoms with Crippen molar-refractivity contribution in [3.05, 3.63) is 47.9 Å². The molecule has 1 aliphatic heterocycles. The molecule has 0 spiro atoms. The smallest absolute Gasteiger partial charge is 0.409 e. The van der Waals surface area contributed by atoms with Gasteiger partial charge in [-0.2, -0.15) is 5.26 Å². The molecule has 36 heavy (non-hydrogen) atoms. The maximum absolute atomic E-state index is 14.2. The summed E-state index contributed by atoms with van der Waals surface area (Å²) < 4.78 is 20.6. The van der Waals surface area contributed by atoms with Crippen LogP contribution in [-0.2, 0) is 4.74 Å². The van der Waals surface area contributed by atoms with E-state index in [0.29, 0.717) is 35.8 Å². The van der Waals surface area contributed by atoms with Gasteiger partial charge in [-0.1, -0.05) is 0 Å². The van der Waals surface area contributed by atoms with Gasteiger partial charge in [0.05, 0.1) is 42.1 Å². The summed E-state index contributed by atoms with van der Waals surface area (Å²) in [5, 5.41) is 25.4. The number of fused-ring (bicyclic) bond motifs is 1. The highest BCUT2D eigenvalue weighted by Gasteiger charge is 2.32. The molecule has 0 saturated carbocycles. The van der Waals surface area contributed by atoms with E-state index in [9.17, 15) is 19.1 Å². The van der Waals surface area contributed by atoms with Crippen LogP contribution in [0.3, 0.4) is 0 Å². The van der Waals surface area contributed by atoms with Crippen LogP contribution >= 0.6 is 0 Å². The maximum atomic E-state index is 14.2. The molecule has 0 bridgehead atoms.